The van der Waals surface area contributed by atoms with Crippen LogP contribution in [0.4, 0.5) is 0 Å². The monoisotopic (exact) mass is 220 g/mol. The van der Waals surface area contributed by atoms with Crippen molar-refractivity contribution in [2.24, 2.45) is 0 Å². The van der Waals surface area contributed by atoms with Crippen LogP contribution in [-0.4, -0.2) is 34.0 Å². The summed E-state index contributed by atoms with van der Waals surface area (Å²) in [6.07, 6.45) is 5.25. The van der Waals surface area contributed by atoms with Gasteiger partial charge >= 0.3 is 5.97 Å². The van der Waals surface area contributed by atoms with E-state index in [2.05, 4.69) is 9.88 Å². The van der Waals surface area contributed by atoms with Crippen molar-refractivity contribution in [1.82, 2.24) is 9.88 Å². The number of aromatic carboxylic acids is 1. The lowest BCUT2D eigenvalue weighted by atomic mass is 9.91. The largest absolute Gasteiger partial charge is 0.477 e. The van der Waals surface area contributed by atoms with Crippen LogP contribution in [0.1, 0.15) is 35.3 Å². The minimum atomic E-state index is -0.947. The summed E-state index contributed by atoms with van der Waals surface area (Å²) in [4.78, 5) is 17.1. The fourth-order valence-electron chi connectivity index (χ4n) is 1.98. The molecule has 0 aliphatic heterocycles. The molecule has 86 valence electrons. The molecule has 4 nitrogen and oxygen atoms in total. The van der Waals surface area contributed by atoms with E-state index >= 15 is 0 Å². The first-order valence-electron chi connectivity index (χ1n) is 5.56. The fraction of sp³-hybridized carbons (Fsp3) is 0.500. The number of carboxylic acid groups (broad SMARTS) is 1. The molecule has 0 saturated heterocycles. The molecule has 0 bridgehead atoms. The number of nitrogens with zero attached hydrogens (tertiary/aromatic N) is 2. The van der Waals surface area contributed by atoms with Crippen LogP contribution in [-0.2, 0) is 6.54 Å². The molecular weight excluding hydrogens is 204 g/mol. The highest BCUT2D eigenvalue weighted by molar-refractivity contribution is 5.86. The van der Waals surface area contributed by atoms with Crippen LogP contribution in [0.15, 0.2) is 18.3 Å². The molecule has 1 aromatic heterocycles. The molecule has 1 aromatic rings. The van der Waals surface area contributed by atoms with E-state index in [0.29, 0.717) is 12.6 Å². The molecule has 4 heteroatoms. The lowest BCUT2D eigenvalue weighted by Crippen LogP contribution is -2.36. The molecule has 16 heavy (non-hydrogen) atoms. The summed E-state index contributed by atoms with van der Waals surface area (Å²) in [7, 11) is 2.04. The highest BCUT2D eigenvalue weighted by Crippen LogP contribution is 2.25. The Morgan fingerprint density at radius 2 is 2.38 bits per heavy atom. The first kappa shape index (κ1) is 11.1. The maximum Gasteiger partial charge on any atom is 0.354 e. The van der Waals surface area contributed by atoms with Crippen LogP contribution in [0.3, 0.4) is 0 Å². The maximum absolute atomic E-state index is 11.0. The topological polar surface area (TPSA) is 53.4 Å². The zero-order chi connectivity index (χ0) is 11.5. The Morgan fingerprint density at radius 1 is 1.62 bits per heavy atom. The molecule has 1 N–H and O–H groups in total. The summed E-state index contributed by atoms with van der Waals surface area (Å²) in [5, 5.41) is 9.01. The number of carbonyl (C=O) groups is 1. The molecule has 0 unspecified atom stereocenters. The summed E-state index contributed by atoms with van der Waals surface area (Å²) in [5.41, 5.74) is 0.970. The maximum atomic E-state index is 11.0. The smallest absolute Gasteiger partial charge is 0.354 e. The van der Waals surface area contributed by atoms with Crippen molar-refractivity contribution in [3.63, 3.8) is 0 Å². The second-order valence-corrected chi connectivity index (χ2v) is 4.32. The predicted molar refractivity (Wildman–Crippen MR) is 60.3 cm³/mol. The second kappa shape index (κ2) is 4.61. The Bertz CT molecular complexity index is 388. The molecule has 1 heterocycles. The third-order valence-corrected chi connectivity index (χ3v) is 3.21. The molecule has 0 atom stereocenters. The zero-order valence-corrected chi connectivity index (χ0v) is 9.39. The van der Waals surface area contributed by atoms with E-state index in [1.54, 1.807) is 6.07 Å². The molecule has 1 aliphatic carbocycles. The minimum Gasteiger partial charge on any atom is -0.477 e. The average molecular weight is 220 g/mol. The molecule has 1 aliphatic rings. The van der Waals surface area contributed by atoms with Gasteiger partial charge in [-0.2, -0.15) is 0 Å². The molecule has 2 rings (SSSR count). The van der Waals surface area contributed by atoms with E-state index in [1.165, 1.54) is 25.5 Å². The van der Waals surface area contributed by atoms with Crippen molar-refractivity contribution >= 4 is 5.97 Å². The number of carboxylic acids is 1. The van der Waals surface area contributed by atoms with Gasteiger partial charge in [0.15, 0.2) is 5.69 Å². The summed E-state index contributed by atoms with van der Waals surface area (Å²) < 4.78 is 0. The van der Waals surface area contributed by atoms with Crippen molar-refractivity contribution in [1.29, 1.82) is 0 Å². The molecule has 1 fully saturated rings. The van der Waals surface area contributed by atoms with Gasteiger partial charge in [-0.1, -0.05) is 12.5 Å². The third-order valence-electron chi connectivity index (χ3n) is 3.21. The SMILES string of the molecule is CN(Cc1cccnc1C(=O)O)C1CCC1. The van der Waals surface area contributed by atoms with Gasteiger partial charge in [0.25, 0.3) is 0 Å². The predicted octanol–water partition coefficient (Wildman–Crippen LogP) is 1.76. The highest BCUT2D eigenvalue weighted by atomic mass is 16.4. The summed E-state index contributed by atoms with van der Waals surface area (Å²) in [6, 6.07) is 4.24. The van der Waals surface area contributed by atoms with Gasteiger partial charge in [0.2, 0.25) is 0 Å². The lowest BCUT2D eigenvalue weighted by Gasteiger charge is -2.34. The number of hydrogen-bond acceptors (Lipinski definition) is 3. The van der Waals surface area contributed by atoms with Crippen LogP contribution < -0.4 is 0 Å². The second-order valence-electron chi connectivity index (χ2n) is 4.32. The number of pyridine rings is 1. The van der Waals surface area contributed by atoms with E-state index in [-0.39, 0.29) is 5.69 Å². The van der Waals surface area contributed by atoms with Gasteiger partial charge in [0.05, 0.1) is 0 Å². The Balaban J connectivity index is 2.10. The molecule has 0 radical (unpaired) electrons. The van der Waals surface area contributed by atoms with Gasteiger partial charge in [0.1, 0.15) is 0 Å². The van der Waals surface area contributed by atoms with Crippen LogP contribution in [0.25, 0.3) is 0 Å². The van der Waals surface area contributed by atoms with Crippen molar-refractivity contribution in [3.05, 3.63) is 29.6 Å². The summed E-state index contributed by atoms with van der Waals surface area (Å²) in [5.74, 6) is -0.947. The van der Waals surface area contributed by atoms with Crippen molar-refractivity contribution < 1.29 is 9.90 Å². The normalized spacial score (nSPS) is 16.1. The number of aromatic nitrogens is 1. The first-order valence-corrected chi connectivity index (χ1v) is 5.56. The van der Waals surface area contributed by atoms with Crippen LogP contribution in [0.2, 0.25) is 0 Å². The molecule has 0 spiro atoms. The van der Waals surface area contributed by atoms with E-state index in [0.717, 1.165) is 5.56 Å². The summed E-state index contributed by atoms with van der Waals surface area (Å²) >= 11 is 0. The van der Waals surface area contributed by atoms with E-state index in [1.807, 2.05) is 13.1 Å². The van der Waals surface area contributed by atoms with Gasteiger partial charge in [0, 0.05) is 18.8 Å². The molecule has 1 saturated carbocycles. The van der Waals surface area contributed by atoms with Crippen LogP contribution in [0.5, 0.6) is 0 Å². The number of hydrogen-bond donors (Lipinski definition) is 1. The quantitative estimate of drug-likeness (QED) is 0.840. The zero-order valence-electron chi connectivity index (χ0n) is 9.39. The van der Waals surface area contributed by atoms with Gasteiger partial charge in [-0.25, -0.2) is 9.78 Å². The Morgan fingerprint density at radius 3 is 2.94 bits per heavy atom. The van der Waals surface area contributed by atoms with Gasteiger partial charge in [-0.3, -0.25) is 4.90 Å². The highest BCUT2D eigenvalue weighted by Gasteiger charge is 2.23. The number of rotatable bonds is 4. The third kappa shape index (κ3) is 2.22. The molecule has 0 amide bonds. The van der Waals surface area contributed by atoms with E-state index < -0.39 is 5.97 Å². The molecule has 0 aromatic carbocycles. The van der Waals surface area contributed by atoms with Crippen LogP contribution >= 0.6 is 0 Å². The lowest BCUT2D eigenvalue weighted by molar-refractivity contribution is 0.0686. The Kier molecular flexibility index (Phi) is 3.19. The fourth-order valence-corrected chi connectivity index (χ4v) is 1.98. The van der Waals surface area contributed by atoms with Gasteiger partial charge < -0.3 is 5.11 Å². The Hall–Kier alpha value is -1.42. The van der Waals surface area contributed by atoms with Crippen molar-refractivity contribution in [2.75, 3.05) is 7.05 Å². The minimum absolute atomic E-state index is 0.175. The van der Waals surface area contributed by atoms with E-state index in [9.17, 15) is 4.79 Å². The van der Waals surface area contributed by atoms with Crippen molar-refractivity contribution in [2.45, 2.75) is 31.8 Å². The van der Waals surface area contributed by atoms with E-state index in [4.69, 9.17) is 5.11 Å². The van der Waals surface area contributed by atoms with Gasteiger partial charge in [-0.15, -0.1) is 0 Å². The molecular formula is C12H16N2O2. The summed E-state index contributed by atoms with van der Waals surface area (Å²) in [6.45, 7) is 0.667. The van der Waals surface area contributed by atoms with Crippen molar-refractivity contribution in [3.8, 4) is 0 Å². The average Bonchev–Trinajstić information content (AvgIpc) is 2.15. The standard InChI is InChI=1S/C12H16N2O2/c1-14(10-5-2-6-10)8-9-4-3-7-13-11(9)12(15)16/h3-4,7,10H,2,5-6,8H2,1H3,(H,15,16). The first-order chi connectivity index (χ1) is 7.68. The Labute approximate surface area is 94.9 Å². The van der Waals surface area contributed by atoms with Crippen LogP contribution in [0, 0.1) is 0 Å². The van der Waals surface area contributed by atoms with Gasteiger partial charge in [-0.05, 0) is 31.5 Å².